The number of benzene rings is 11. The van der Waals surface area contributed by atoms with Gasteiger partial charge in [0.25, 0.3) is 0 Å². The van der Waals surface area contributed by atoms with Crippen molar-refractivity contribution >= 4 is 82.7 Å². The largest absolute Gasteiger partial charge is 0.455 e. The number of nitrogens with zero attached hydrogens (tertiary/aromatic N) is 2. The summed E-state index contributed by atoms with van der Waals surface area (Å²) >= 11 is 0. The van der Waals surface area contributed by atoms with Crippen LogP contribution in [0.15, 0.2) is 264 Å². The van der Waals surface area contributed by atoms with Crippen LogP contribution in [0.4, 0.5) is 17.1 Å². The van der Waals surface area contributed by atoms with E-state index >= 15 is 0 Å². The summed E-state index contributed by atoms with van der Waals surface area (Å²) in [6.45, 7) is 0. The molecule has 0 bridgehead atoms. The van der Waals surface area contributed by atoms with Crippen molar-refractivity contribution in [3.05, 3.63) is 255 Å². The SMILES string of the molecule is c1ccc(-c2ccc(N(c3ccc(-c4cccc5c4oc4ccccc45)cc3)c3ccc(-c4ccc5c(c4)c4ccccc4n5-c4ccccc4)c(-c4cccc5c4oc4ccccc45)c3)cc2)cc1. The molecule has 3 aromatic heterocycles. The number of rotatable bonds is 8. The van der Waals surface area contributed by atoms with Crippen LogP contribution in [0, 0.1) is 0 Å². The third kappa shape index (κ3) is 6.46. The van der Waals surface area contributed by atoms with Gasteiger partial charge in [0.05, 0.1) is 11.0 Å². The number of para-hydroxylation sites is 6. The smallest absolute Gasteiger partial charge is 0.143 e. The molecule has 4 heteroatoms. The zero-order valence-corrected chi connectivity index (χ0v) is 38.0. The minimum atomic E-state index is 0.867. The molecule has 328 valence electrons. The Labute approximate surface area is 404 Å². The van der Waals surface area contributed by atoms with Crippen LogP contribution in [0.2, 0.25) is 0 Å². The number of furan rings is 2. The summed E-state index contributed by atoms with van der Waals surface area (Å²) in [5.74, 6) is 0. The van der Waals surface area contributed by atoms with Crippen molar-refractivity contribution < 1.29 is 8.83 Å². The molecule has 0 saturated carbocycles. The molecule has 0 amide bonds. The third-order valence-electron chi connectivity index (χ3n) is 14.0. The first-order valence-corrected chi connectivity index (χ1v) is 23.8. The van der Waals surface area contributed by atoms with Gasteiger partial charge in [-0.2, -0.15) is 0 Å². The monoisotopic (exact) mass is 894 g/mol. The lowest BCUT2D eigenvalue weighted by molar-refractivity contribution is 0.669. The Bertz CT molecular complexity index is 4280. The highest BCUT2D eigenvalue weighted by Gasteiger charge is 2.22. The van der Waals surface area contributed by atoms with E-state index in [9.17, 15) is 0 Å². The number of anilines is 3. The molecule has 0 spiro atoms. The van der Waals surface area contributed by atoms with Crippen molar-refractivity contribution in [2.45, 2.75) is 0 Å². The highest BCUT2D eigenvalue weighted by Crippen LogP contribution is 2.46. The standard InChI is InChI=1S/C66H42N2O2/c1-3-15-43(16-4-1)44-29-34-48(35-30-44)67(49-36-31-45(32-37-49)52-22-13-23-56-54-20-8-11-27-63(54)69-65(52)56)50-38-39-51(59(42-50)58-25-14-24-57-55-21-9-12-28-64(55)70-66(57)58)46-33-40-62-60(41-46)53-19-7-10-26-61(53)68(62)47-17-5-2-6-18-47/h1-42H. The first-order chi connectivity index (χ1) is 34.7. The summed E-state index contributed by atoms with van der Waals surface area (Å²) in [6.07, 6.45) is 0. The fraction of sp³-hybridized carbons (Fsp3) is 0. The van der Waals surface area contributed by atoms with Crippen molar-refractivity contribution in [2.24, 2.45) is 0 Å². The quantitative estimate of drug-likeness (QED) is 0.152. The van der Waals surface area contributed by atoms with Gasteiger partial charge in [0, 0.05) is 66.2 Å². The molecule has 0 N–H and O–H groups in total. The summed E-state index contributed by atoms with van der Waals surface area (Å²) in [7, 11) is 0. The summed E-state index contributed by atoms with van der Waals surface area (Å²) in [4.78, 5) is 2.36. The van der Waals surface area contributed by atoms with Gasteiger partial charge < -0.3 is 18.3 Å². The lowest BCUT2D eigenvalue weighted by Crippen LogP contribution is -2.10. The Morgan fingerprint density at radius 2 is 0.771 bits per heavy atom. The lowest BCUT2D eigenvalue weighted by Gasteiger charge is -2.27. The molecule has 0 fully saturated rings. The Morgan fingerprint density at radius 3 is 1.46 bits per heavy atom. The second-order valence-corrected chi connectivity index (χ2v) is 18.0. The molecule has 0 aliphatic heterocycles. The van der Waals surface area contributed by atoms with Crippen molar-refractivity contribution in [2.75, 3.05) is 4.90 Å². The molecular weight excluding hydrogens is 853 g/mol. The molecular formula is C66H42N2O2. The third-order valence-corrected chi connectivity index (χ3v) is 14.0. The van der Waals surface area contributed by atoms with Gasteiger partial charge in [-0.1, -0.05) is 176 Å². The van der Waals surface area contributed by atoms with Gasteiger partial charge in [0.15, 0.2) is 0 Å². The average Bonchev–Trinajstić information content (AvgIpc) is 4.12. The molecule has 11 aromatic carbocycles. The van der Waals surface area contributed by atoms with Gasteiger partial charge in [0.1, 0.15) is 22.3 Å². The lowest BCUT2D eigenvalue weighted by atomic mass is 9.91. The number of hydrogen-bond donors (Lipinski definition) is 0. The van der Waals surface area contributed by atoms with E-state index in [1.54, 1.807) is 0 Å². The Morgan fingerprint density at radius 1 is 0.271 bits per heavy atom. The van der Waals surface area contributed by atoms with Crippen LogP contribution in [0.3, 0.4) is 0 Å². The van der Waals surface area contributed by atoms with E-state index in [1.165, 1.54) is 27.4 Å². The van der Waals surface area contributed by atoms with E-state index in [1.807, 2.05) is 18.2 Å². The van der Waals surface area contributed by atoms with Crippen molar-refractivity contribution in [3.63, 3.8) is 0 Å². The van der Waals surface area contributed by atoms with Crippen molar-refractivity contribution in [1.29, 1.82) is 0 Å². The predicted molar refractivity (Wildman–Crippen MR) is 292 cm³/mol. The summed E-state index contributed by atoms with van der Waals surface area (Å²) in [6, 6.07) is 91.2. The van der Waals surface area contributed by atoms with E-state index in [2.05, 4.69) is 246 Å². The zero-order valence-electron chi connectivity index (χ0n) is 38.0. The van der Waals surface area contributed by atoms with Crippen LogP contribution < -0.4 is 4.90 Å². The average molecular weight is 895 g/mol. The topological polar surface area (TPSA) is 34.5 Å². The second kappa shape index (κ2) is 16.2. The van der Waals surface area contributed by atoms with Crippen LogP contribution in [0.25, 0.3) is 116 Å². The minimum absolute atomic E-state index is 0.867. The van der Waals surface area contributed by atoms with Crippen LogP contribution in [0.5, 0.6) is 0 Å². The van der Waals surface area contributed by atoms with Crippen LogP contribution in [-0.2, 0) is 0 Å². The first-order valence-electron chi connectivity index (χ1n) is 23.8. The Hall–Kier alpha value is -9.38. The molecule has 4 nitrogen and oxygen atoms in total. The van der Waals surface area contributed by atoms with E-state index < -0.39 is 0 Å². The Balaban J connectivity index is 0.971. The maximum Gasteiger partial charge on any atom is 0.143 e. The van der Waals surface area contributed by atoms with E-state index in [0.29, 0.717) is 0 Å². The van der Waals surface area contributed by atoms with E-state index in [-0.39, 0.29) is 0 Å². The molecule has 0 atom stereocenters. The van der Waals surface area contributed by atoms with Crippen molar-refractivity contribution in [3.8, 4) is 50.2 Å². The predicted octanol–water partition coefficient (Wildman–Crippen LogP) is 18.7. The summed E-state index contributed by atoms with van der Waals surface area (Å²) < 4.78 is 15.7. The fourth-order valence-electron chi connectivity index (χ4n) is 10.7. The molecule has 0 saturated heterocycles. The molecule has 70 heavy (non-hydrogen) atoms. The molecule has 0 aliphatic carbocycles. The fourth-order valence-corrected chi connectivity index (χ4v) is 10.7. The maximum atomic E-state index is 6.81. The van der Waals surface area contributed by atoms with Gasteiger partial charge in [-0.15, -0.1) is 0 Å². The number of fused-ring (bicyclic) bond motifs is 9. The van der Waals surface area contributed by atoms with Gasteiger partial charge in [-0.05, 0) is 112 Å². The van der Waals surface area contributed by atoms with Gasteiger partial charge in [-0.25, -0.2) is 0 Å². The number of aromatic nitrogens is 1. The summed E-state index contributed by atoms with van der Waals surface area (Å²) in [5, 5.41) is 6.85. The highest BCUT2D eigenvalue weighted by atomic mass is 16.3. The molecule has 14 rings (SSSR count). The van der Waals surface area contributed by atoms with Crippen LogP contribution in [0.1, 0.15) is 0 Å². The summed E-state index contributed by atoms with van der Waals surface area (Å²) in [5.41, 5.74) is 18.9. The van der Waals surface area contributed by atoms with E-state index in [0.717, 1.165) is 106 Å². The van der Waals surface area contributed by atoms with Gasteiger partial charge in [0.2, 0.25) is 0 Å². The minimum Gasteiger partial charge on any atom is -0.455 e. The Kier molecular flexibility index (Phi) is 9.17. The molecule has 0 radical (unpaired) electrons. The normalized spacial score (nSPS) is 11.7. The maximum absolute atomic E-state index is 6.81. The molecule has 14 aromatic rings. The first kappa shape index (κ1) is 39.8. The van der Waals surface area contributed by atoms with E-state index in [4.69, 9.17) is 8.83 Å². The molecule has 0 unspecified atom stereocenters. The molecule has 3 heterocycles. The van der Waals surface area contributed by atoms with Crippen LogP contribution >= 0.6 is 0 Å². The van der Waals surface area contributed by atoms with Crippen molar-refractivity contribution in [1.82, 2.24) is 4.57 Å². The van der Waals surface area contributed by atoms with Gasteiger partial charge >= 0.3 is 0 Å². The number of hydrogen-bond acceptors (Lipinski definition) is 3. The zero-order chi connectivity index (χ0) is 46.1. The second-order valence-electron chi connectivity index (χ2n) is 18.0. The van der Waals surface area contributed by atoms with Gasteiger partial charge in [-0.3, -0.25) is 0 Å². The van der Waals surface area contributed by atoms with Crippen LogP contribution in [-0.4, -0.2) is 4.57 Å². The highest BCUT2D eigenvalue weighted by molar-refractivity contribution is 6.14. The molecule has 0 aliphatic rings.